The number of nitrogens with one attached hydrogen (secondary N) is 3. The van der Waals surface area contributed by atoms with E-state index in [-0.39, 0.29) is 12.1 Å². The van der Waals surface area contributed by atoms with Crippen LogP contribution >= 0.6 is 11.3 Å². The van der Waals surface area contributed by atoms with Crippen LogP contribution in [0.1, 0.15) is 38.1 Å². The summed E-state index contributed by atoms with van der Waals surface area (Å²) >= 11 is 1.71. The molecule has 0 saturated heterocycles. The number of carbonyl (C=O) groups is 1. The van der Waals surface area contributed by atoms with Crippen LogP contribution in [0.3, 0.4) is 0 Å². The number of benzene rings is 2. The first kappa shape index (κ1) is 19.3. The SMILES string of the molecule is O=C1NC(c2cn[nH]c2-c2ccccc2)Nc2sc3c(c21)CCN(Cc1ccccc1)C3. The molecule has 6 nitrogen and oxygen atoms in total. The van der Waals surface area contributed by atoms with Crippen molar-refractivity contribution in [3.63, 3.8) is 0 Å². The molecule has 0 saturated carbocycles. The third-order valence-corrected chi connectivity index (χ3v) is 7.35. The van der Waals surface area contributed by atoms with E-state index in [1.807, 2.05) is 30.3 Å². The molecule has 0 spiro atoms. The van der Waals surface area contributed by atoms with E-state index >= 15 is 0 Å². The number of aromatic nitrogens is 2. The predicted molar refractivity (Wildman–Crippen MR) is 126 cm³/mol. The molecule has 0 bridgehead atoms. The van der Waals surface area contributed by atoms with E-state index in [0.29, 0.717) is 0 Å². The number of aromatic amines is 1. The Labute approximate surface area is 190 Å². The summed E-state index contributed by atoms with van der Waals surface area (Å²) < 4.78 is 0. The standard InChI is InChI=1S/C25H23N5OS/c31-24-21-18-11-12-30(14-16-7-3-1-4-8-16)15-20(18)32-25(21)28-23(27-24)19-13-26-29-22(19)17-9-5-2-6-10-17/h1-10,13,23,28H,11-12,14-15H2,(H,26,29)(H,27,31). The van der Waals surface area contributed by atoms with Gasteiger partial charge in [0.1, 0.15) is 11.2 Å². The summed E-state index contributed by atoms with van der Waals surface area (Å²) in [6.45, 7) is 2.77. The zero-order valence-electron chi connectivity index (χ0n) is 17.5. The van der Waals surface area contributed by atoms with Crippen LogP contribution in [0, 0.1) is 0 Å². The lowest BCUT2D eigenvalue weighted by molar-refractivity contribution is 0.0934. The van der Waals surface area contributed by atoms with Gasteiger partial charge in [-0.3, -0.25) is 14.8 Å². The fraction of sp³-hybridized carbons (Fsp3) is 0.200. The minimum absolute atomic E-state index is 0.00188. The van der Waals surface area contributed by atoms with Gasteiger partial charge in [-0.2, -0.15) is 5.10 Å². The molecule has 1 amide bonds. The number of carbonyl (C=O) groups excluding carboxylic acids is 1. The van der Waals surface area contributed by atoms with Gasteiger partial charge >= 0.3 is 0 Å². The highest BCUT2D eigenvalue weighted by atomic mass is 32.1. The summed E-state index contributed by atoms with van der Waals surface area (Å²) in [6.07, 6.45) is 2.37. The molecule has 0 radical (unpaired) electrons. The summed E-state index contributed by atoms with van der Waals surface area (Å²) in [6, 6.07) is 20.6. The van der Waals surface area contributed by atoms with E-state index in [1.165, 1.54) is 16.0 Å². The third-order valence-electron chi connectivity index (χ3n) is 6.20. The van der Waals surface area contributed by atoms with E-state index in [9.17, 15) is 4.79 Å². The lowest BCUT2D eigenvalue weighted by Gasteiger charge is -2.28. The van der Waals surface area contributed by atoms with Crippen molar-refractivity contribution in [2.45, 2.75) is 25.7 Å². The zero-order chi connectivity index (χ0) is 21.5. The maximum Gasteiger partial charge on any atom is 0.256 e. The average Bonchev–Trinajstić information content (AvgIpc) is 3.45. The van der Waals surface area contributed by atoms with Gasteiger partial charge in [0.25, 0.3) is 5.91 Å². The Morgan fingerprint density at radius 3 is 2.62 bits per heavy atom. The van der Waals surface area contributed by atoms with E-state index in [0.717, 1.165) is 53.4 Å². The Kier molecular flexibility index (Phi) is 4.78. The Balaban J connectivity index is 1.26. The minimum atomic E-state index is -0.315. The molecule has 4 aromatic rings. The van der Waals surface area contributed by atoms with Crippen molar-refractivity contribution >= 4 is 22.2 Å². The third kappa shape index (κ3) is 3.39. The minimum Gasteiger partial charge on any atom is -0.352 e. The number of rotatable bonds is 4. The van der Waals surface area contributed by atoms with E-state index in [2.05, 4.69) is 56.1 Å². The number of hydrogen-bond acceptors (Lipinski definition) is 5. The zero-order valence-corrected chi connectivity index (χ0v) is 18.3. The number of anilines is 1. The summed E-state index contributed by atoms with van der Waals surface area (Å²) in [5, 5.41) is 15.0. The van der Waals surface area contributed by atoms with Gasteiger partial charge in [-0.1, -0.05) is 60.7 Å². The Bertz CT molecular complexity index is 1260. The van der Waals surface area contributed by atoms with Crippen LogP contribution < -0.4 is 10.6 Å². The number of fused-ring (bicyclic) bond motifs is 3. The molecule has 1 unspecified atom stereocenters. The fourth-order valence-corrected chi connectivity index (χ4v) is 5.97. The second kappa shape index (κ2) is 7.93. The van der Waals surface area contributed by atoms with Crippen molar-refractivity contribution in [1.82, 2.24) is 20.4 Å². The van der Waals surface area contributed by atoms with Gasteiger partial charge in [-0.25, -0.2) is 0 Å². The van der Waals surface area contributed by atoms with Crippen molar-refractivity contribution < 1.29 is 4.79 Å². The molecule has 2 aliphatic heterocycles. The first-order valence-corrected chi connectivity index (χ1v) is 11.6. The van der Waals surface area contributed by atoms with Crippen LogP contribution in [0.25, 0.3) is 11.3 Å². The Hall–Kier alpha value is -3.42. The molecule has 3 N–H and O–H groups in total. The van der Waals surface area contributed by atoms with E-state index < -0.39 is 0 Å². The smallest absolute Gasteiger partial charge is 0.256 e. The number of hydrogen-bond donors (Lipinski definition) is 3. The number of thiophene rings is 1. The lowest BCUT2D eigenvalue weighted by atomic mass is 9.99. The summed E-state index contributed by atoms with van der Waals surface area (Å²) in [5.74, 6) is -0.00188. The molecule has 4 heterocycles. The van der Waals surface area contributed by atoms with Gasteiger partial charge in [-0.05, 0) is 23.1 Å². The van der Waals surface area contributed by atoms with Gasteiger partial charge in [0.2, 0.25) is 0 Å². The largest absolute Gasteiger partial charge is 0.352 e. The van der Waals surface area contributed by atoms with Crippen molar-refractivity contribution in [3.05, 3.63) is 94.0 Å². The second-order valence-corrected chi connectivity index (χ2v) is 9.38. The van der Waals surface area contributed by atoms with Crippen molar-refractivity contribution in [2.75, 3.05) is 11.9 Å². The van der Waals surface area contributed by atoms with Crippen molar-refractivity contribution in [3.8, 4) is 11.3 Å². The highest BCUT2D eigenvalue weighted by Gasteiger charge is 2.34. The highest BCUT2D eigenvalue weighted by Crippen LogP contribution is 2.41. The molecule has 6 rings (SSSR count). The van der Waals surface area contributed by atoms with Gasteiger partial charge < -0.3 is 10.6 Å². The molecule has 2 aromatic carbocycles. The van der Waals surface area contributed by atoms with Crippen molar-refractivity contribution in [1.29, 1.82) is 0 Å². The second-order valence-electron chi connectivity index (χ2n) is 8.27. The number of amides is 1. The molecule has 0 aliphatic carbocycles. The Morgan fingerprint density at radius 2 is 1.81 bits per heavy atom. The van der Waals surface area contributed by atoms with Crippen LogP contribution in [0.15, 0.2) is 66.9 Å². The van der Waals surface area contributed by atoms with Gasteiger partial charge in [0, 0.05) is 30.1 Å². The average molecular weight is 442 g/mol. The summed E-state index contributed by atoms with van der Waals surface area (Å²) in [4.78, 5) is 16.9. The van der Waals surface area contributed by atoms with Crippen LogP contribution in [0.4, 0.5) is 5.00 Å². The lowest BCUT2D eigenvalue weighted by Crippen LogP contribution is -2.39. The molecule has 1 atom stereocenters. The molecular formula is C25H23N5OS. The van der Waals surface area contributed by atoms with Crippen LogP contribution in [0.5, 0.6) is 0 Å². The highest BCUT2D eigenvalue weighted by molar-refractivity contribution is 7.16. The normalized spacial score (nSPS) is 17.9. The molecule has 7 heteroatoms. The topological polar surface area (TPSA) is 73.0 Å². The van der Waals surface area contributed by atoms with E-state index in [4.69, 9.17) is 0 Å². The molecule has 0 fully saturated rings. The van der Waals surface area contributed by atoms with Crippen LogP contribution in [0.2, 0.25) is 0 Å². The monoisotopic (exact) mass is 441 g/mol. The number of nitrogens with zero attached hydrogens (tertiary/aromatic N) is 2. The quantitative estimate of drug-likeness (QED) is 0.434. The molecular weight excluding hydrogens is 418 g/mol. The van der Waals surface area contributed by atoms with E-state index in [1.54, 1.807) is 17.5 Å². The van der Waals surface area contributed by atoms with Crippen LogP contribution in [-0.2, 0) is 19.5 Å². The van der Waals surface area contributed by atoms with Gasteiger partial charge in [0.05, 0.1) is 17.5 Å². The molecule has 32 heavy (non-hydrogen) atoms. The number of H-pyrrole nitrogens is 1. The Morgan fingerprint density at radius 1 is 1.03 bits per heavy atom. The van der Waals surface area contributed by atoms with Gasteiger partial charge in [0.15, 0.2) is 0 Å². The summed E-state index contributed by atoms with van der Waals surface area (Å²) in [7, 11) is 0. The molecule has 2 aromatic heterocycles. The van der Waals surface area contributed by atoms with Crippen LogP contribution in [-0.4, -0.2) is 27.5 Å². The first-order chi connectivity index (χ1) is 15.8. The molecule has 2 aliphatic rings. The maximum absolute atomic E-state index is 13.2. The van der Waals surface area contributed by atoms with Crippen molar-refractivity contribution in [2.24, 2.45) is 0 Å². The first-order valence-electron chi connectivity index (χ1n) is 10.8. The molecule has 160 valence electrons. The summed E-state index contributed by atoms with van der Waals surface area (Å²) in [5.41, 5.74) is 6.25. The van der Waals surface area contributed by atoms with Gasteiger partial charge in [-0.15, -0.1) is 11.3 Å². The predicted octanol–water partition coefficient (Wildman–Crippen LogP) is 4.55. The fourth-order valence-electron chi connectivity index (χ4n) is 4.65. The maximum atomic E-state index is 13.2.